The predicted octanol–water partition coefficient (Wildman–Crippen LogP) is 5.26. The van der Waals surface area contributed by atoms with E-state index in [0.29, 0.717) is 27.3 Å². The molecule has 0 aliphatic carbocycles. The largest absolute Gasteiger partial charge is 0.492 e. The summed E-state index contributed by atoms with van der Waals surface area (Å²) in [6.07, 6.45) is 1.81. The van der Waals surface area contributed by atoms with Gasteiger partial charge in [-0.1, -0.05) is 42.2 Å². The number of halogens is 1. The van der Waals surface area contributed by atoms with E-state index in [4.69, 9.17) is 21.7 Å². The van der Waals surface area contributed by atoms with Crippen LogP contribution in [0.3, 0.4) is 0 Å². The van der Waals surface area contributed by atoms with Crippen LogP contribution >= 0.6 is 39.9 Å². The van der Waals surface area contributed by atoms with Crippen LogP contribution in [0.4, 0.5) is 5.69 Å². The number of thiocarbonyl (C=S) groups is 1. The van der Waals surface area contributed by atoms with Gasteiger partial charge in [-0.25, -0.2) is 0 Å². The number of nitrogens with zero attached hydrogens (tertiary/aromatic N) is 1. The number of methoxy groups -OCH3 is 1. The Morgan fingerprint density at radius 3 is 2.65 bits per heavy atom. The van der Waals surface area contributed by atoms with E-state index in [0.717, 1.165) is 15.7 Å². The Morgan fingerprint density at radius 1 is 1.27 bits per heavy atom. The van der Waals surface area contributed by atoms with Crippen LogP contribution in [0.15, 0.2) is 51.8 Å². The summed E-state index contributed by atoms with van der Waals surface area (Å²) in [5.74, 6) is 1.12. The molecule has 1 amide bonds. The number of hydrogen-bond donors (Lipinski definition) is 0. The molecule has 1 fully saturated rings. The summed E-state index contributed by atoms with van der Waals surface area (Å²) in [5.41, 5.74) is 1.60. The third-order valence-electron chi connectivity index (χ3n) is 3.64. The third-order valence-corrected chi connectivity index (χ3v) is 5.53. The van der Waals surface area contributed by atoms with E-state index in [1.165, 1.54) is 11.8 Å². The first-order valence-corrected chi connectivity index (χ1v) is 9.90. The minimum absolute atomic E-state index is 0.129. The molecular formula is C19H16BrNO3S2. The number of benzene rings is 2. The molecule has 0 atom stereocenters. The topological polar surface area (TPSA) is 38.8 Å². The van der Waals surface area contributed by atoms with Gasteiger partial charge in [0.05, 0.1) is 28.8 Å². The lowest BCUT2D eigenvalue weighted by Crippen LogP contribution is -2.27. The van der Waals surface area contributed by atoms with Crippen LogP contribution in [-0.4, -0.2) is 23.9 Å². The minimum Gasteiger partial charge on any atom is -0.492 e. The van der Waals surface area contributed by atoms with Crippen LogP contribution in [0.5, 0.6) is 11.5 Å². The molecular weight excluding hydrogens is 434 g/mol. The van der Waals surface area contributed by atoms with Gasteiger partial charge in [-0.2, -0.15) is 0 Å². The van der Waals surface area contributed by atoms with Gasteiger partial charge in [0.15, 0.2) is 15.8 Å². The van der Waals surface area contributed by atoms with E-state index in [2.05, 4.69) is 15.9 Å². The minimum atomic E-state index is -0.129. The molecule has 1 saturated heterocycles. The number of rotatable bonds is 5. The Morgan fingerprint density at radius 2 is 2.00 bits per heavy atom. The second-order valence-corrected chi connectivity index (χ2v) is 7.85. The SMILES string of the molecule is CCOc1cc(/C=C2/SC(=S)N(c3ccccc3)C2=O)cc(Br)c1OC. The summed E-state index contributed by atoms with van der Waals surface area (Å²) < 4.78 is 12.3. The van der Waals surface area contributed by atoms with Crippen molar-refractivity contribution in [3.63, 3.8) is 0 Å². The number of thioether (sulfide) groups is 1. The normalized spacial score (nSPS) is 15.7. The van der Waals surface area contributed by atoms with E-state index in [1.807, 2.05) is 55.5 Å². The van der Waals surface area contributed by atoms with Crippen LogP contribution in [0.1, 0.15) is 12.5 Å². The quantitative estimate of drug-likeness (QED) is 0.459. The van der Waals surface area contributed by atoms with Crippen LogP contribution in [0, 0.1) is 0 Å². The number of carbonyl (C=O) groups excluding carboxylic acids is 1. The summed E-state index contributed by atoms with van der Waals surface area (Å²) in [6, 6.07) is 13.1. The van der Waals surface area contributed by atoms with Crippen molar-refractivity contribution in [2.75, 3.05) is 18.6 Å². The molecule has 1 aliphatic heterocycles. The van der Waals surface area contributed by atoms with Gasteiger partial charge in [-0.15, -0.1) is 0 Å². The summed E-state index contributed by atoms with van der Waals surface area (Å²) in [5, 5.41) is 0. The molecule has 0 N–H and O–H groups in total. The molecule has 0 aromatic heterocycles. The molecule has 1 heterocycles. The number of hydrogen-bond acceptors (Lipinski definition) is 5. The zero-order valence-electron chi connectivity index (χ0n) is 14.2. The summed E-state index contributed by atoms with van der Waals surface area (Å²) in [6.45, 7) is 2.42. The number of para-hydroxylation sites is 1. The highest BCUT2D eigenvalue weighted by Crippen LogP contribution is 2.40. The Kier molecular flexibility index (Phi) is 6.01. The van der Waals surface area contributed by atoms with Crippen molar-refractivity contribution in [3.8, 4) is 11.5 Å². The fraction of sp³-hybridized carbons (Fsp3) is 0.158. The van der Waals surface area contributed by atoms with Crippen molar-refractivity contribution in [1.29, 1.82) is 0 Å². The number of carbonyl (C=O) groups is 1. The van der Waals surface area contributed by atoms with Crippen LogP contribution < -0.4 is 14.4 Å². The van der Waals surface area contributed by atoms with Gasteiger partial charge < -0.3 is 9.47 Å². The van der Waals surface area contributed by atoms with Gasteiger partial charge in [-0.05, 0) is 58.8 Å². The van der Waals surface area contributed by atoms with Gasteiger partial charge >= 0.3 is 0 Å². The Balaban J connectivity index is 1.96. The van der Waals surface area contributed by atoms with Crippen molar-refractivity contribution in [2.24, 2.45) is 0 Å². The standard InChI is InChI=1S/C19H16BrNO3S2/c1-3-24-15-10-12(9-14(20)17(15)23-2)11-16-18(22)21(19(25)26-16)13-7-5-4-6-8-13/h4-11H,3H2,1-2H3/b16-11+. The first kappa shape index (κ1) is 18.9. The van der Waals surface area contributed by atoms with Crippen molar-refractivity contribution < 1.29 is 14.3 Å². The summed E-state index contributed by atoms with van der Waals surface area (Å²) in [4.78, 5) is 14.9. The lowest BCUT2D eigenvalue weighted by molar-refractivity contribution is -0.113. The van der Waals surface area contributed by atoms with Crippen molar-refractivity contribution >= 4 is 61.9 Å². The molecule has 7 heteroatoms. The lowest BCUT2D eigenvalue weighted by atomic mass is 10.1. The highest BCUT2D eigenvalue weighted by molar-refractivity contribution is 9.10. The molecule has 0 bridgehead atoms. The lowest BCUT2D eigenvalue weighted by Gasteiger charge is -2.14. The third kappa shape index (κ3) is 3.79. The van der Waals surface area contributed by atoms with Crippen molar-refractivity contribution in [3.05, 3.63) is 57.4 Å². The van der Waals surface area contributed by atoms with E-state index in [9.17, 15) is 4.79 Å². The van der Waals surface area contributed by atoms with Gasteiger partial charge in [0.2, 0.25) is 0 Å². The molecule has 0 unspecified atom stereocenters. The summed E-state index contributed by atoms with van der Waals surface area (Å²) >= 11 is 10.2. The average Bonchev–Trinajstić information content (AvgIpc) is 2.89. The highest BCUT2D eigenvalue weighted by Gasteiger charge is 2.33. The van der Waals surface area contributed by atoms with Crippen LogP contribution in [-0.2, 0) is 4.79 Å². The second-order valence-electron chi connectivity index (χ2n) is 5.32. The first-order valence-electron chi connectivity index (χ1n) is 7.88. The van der Waals surface area contributed by atoms with Gasteiger partial charge in [0, 0.05) is 0 Å². The van der Waals surface area contributed by atoms with E-state index >= 15 is 0 Å². The Labute approximate surface area is 170 Å². The summed E-state index contributed by atoms with van der Waals surface area (Å²) in [7, 11) is 1.59. The number of anilines is 1. The van der Waals surface area contributed by atoms with Crippen LogP contribution in [0.2, 0.25) is 0 Å². The zero-order chi connectivity index (χ0) is 18.7. The molecule has 3 rings (SSSR count). The molecule has 0 radical (unpaired) electrons. The van der Waals surface area contributed by atoms with Crippen molar-refractivity contribution in [2.45, 2.75) is 6.92 Å². The maximum Gasteiger partial charge on any atom is 0.270 e. The monoisotopic (exact) mass is 449 g/mol. The molecule has 134 valence electrons. The molecule has 1 aliphatic rings. The van der Waals surface area contributed by atoms with Crippen molar-refractivity contribution in [1.82, 2.24) is 0 Å². The fourth-order valence-electron chi connectivity index (χ4n) is 2.55. The molecule has 0 saturated carbocycles. The van der Waals surface area contributed by atoms with E-state index in [-0.39, 0.29) is 5.91 Å². The second kappa shape index (κ2) is 8.24. The Hall–Kier alpha value is -1.83. The van der Waals surface area contributed by atoms with Gasteiger partial charge in [0.1, 0.15) is 0 Å². The molecule has 26 heavy (non-hydrogen) atoms. The van der Waals surface area contributed by atoms with E-state index in [1.54, 1.807) is 12.0 Å². The van der Waals surface area contributed by atoms with Gasteiger partial charge in [0.25, 0.3) is 5.91 Å². The maximum absolute atomic E-state index is 12.8. The molecule has 2 aromatic rings. The smallest absolute Gasteiger partial charge is 0.270 e. The number of ether oxygens (including phenoxy) is 2. The highest BCUT2D eigenvalue weighted by atomic mass is 79.9. The Bertz CT molecular complexity index is 884. The molecule has 2 aromatic carbocycles. The maximum atomic E-state index is 12.8. The fourth-order valence-corrected chi connectivity index (χ4v) is 4.47. The zero-order valence-corrected chi connectivity index (χ0v) is 17.4. The molecule has 4 nitrogen and oxygen atoms in total. The van der Waals surface area contributed by atoms with Crippen LogP contribution in [0.25, 0.3) is 6.08 Å². The average molecular weight is 450 g/mol. The van der Waals surface area contributed by atoms with Gasteiger partial charge in [-0.3, -0.25) is 9.69 Å². The van der Waals surface area contributed by atoms with E-state index < -0.39 is 0 Å². The predicted molar refractivity (Wildman–Crippen MR) is 114 cm³/mol. The number of amides is 1. The molecule has 0 spiro atoms. The first-order chi connectivity index (χ1) is 12.5.